The van der Waals surface area contributed by atoms with Crippen molar-refractivity contribution >= 4 is 12.2 Å². The number of hydrogen-bond acceptors (Lipinski definition) is 3. The van der Waals surface area contributed by atoms with Gasteiger partial charge in [0.25, 0.3) is 0 Å². The second kappa shape index (κ2) is 6.72. The highest BCUT2D eigenvalue weighted by atomic mass is 19.4. The number of phenolic OH excluding ortho intramolecular Hbond substituents is 1. The van der Waals surface area contributed by atoms with E-state index < -0.39 is 29.2 Å². The zero-order chi connectivity index (χ0) is 17.0. The molecule has 0 saturated heterocycles. The van der Waals surface area contributed by atoms with E-state index in [9.17, 15) is 18.0 Å². The molecule has 0 bridgehead atoms. The predicted molar refractivity (Wildman–Crippen MR) is 76.4 cm³/mol. The van der Waals surface area contributed by atoms with Gasteiger partial charge in [0, 0.05) is 6.54 Å². The Labute approximate surface area is 126 Å². The normalized spacial score (nSPS) is 12.5. The maximum Gasteiger partial charge on any atom is 0.417 e. The van der Waals surface area contributed by atoms with Crippen LogP contribution in [0, 0.1) is 0 Å². The number of alkyl halides is 3. The number of alkyl carbamates (subject to hydrolysis) is 1. The standard InChI is InChI=1S/C15H18F3NO3/c1-14(2,3)22-13(21)19-8-4-5-10-6-7-11(20)9-12(10)15(16,17)18/h4-7,9,20H,8H2,1-3H3,(H,19,21). The van der Waals surface area contributed by atoms with E-state index in [2.05, 4.69) is 5.32 Å². The Morgan fingerprint density at radius 1 is 1.32 bits per heavy atom. The second-order valence-corrected chi connectivity index (χ2v) is 5.55. The third kappa shape index (κ3) is 6.07. The highest BCUT2D eigenvalue weighted by Crippen LogP contribution is 2.34. The third-order valence-electron chi connectivity index (χ3n) is 2.40. The minimum absolute atomic E-state index is 0.0209. The van der Waals surface area contributed by atoms with E-state index in [1.165, 1.54) is 12.2 Å². The molecule has 0 fully saturated rings. The molecule has 7 heteroatoms. The van der Waals surface area contributed by atoms with Crippen LogP contribution in [0.2, 0.25) is 0 Å². The lowest BCUT2D eigenvalue weighted by Crippen LogP contribution is -2.32. The molecule has 122 valence electrons. The zero-order valence-electron chi connectivity index (χ0n) is 12.5. The molecule has 2 N–H and O–H groups in total. The molecular weight excluding hydrogens is 299 g/mol. The number of carbonyl (C=O) groups excluding carboxylic acids is 1. The van der Waals surface area contributed by atoms with Crippen LogP contribution in [0.5, 0.6) is 5.75 Å². The summed E-state index contributed by atoms with van der Waals surface area (Å²) in [5.74, 6) is -0.462. The molecule has 0 unspecified atom stereocenters. The van der Waals surface area contributed by atoms with Crippen molar-refractivity contribution in [2.75, 3.05) is 6.54 Å². The van der Waals surface area contributed by atoms with Crippen molar-refractivity contribution in [1.29, 1.82) is 0 Å². The average Bonchev–Trinajstić information content (AvgIpc) is 2.32. The first-order chi connectivity index (χ1) is 9.99. The number of nitrogens with one attached hydrogen (secondary N) is 1. The molecule has 1 amide bonds. The zero-order valence-corrected chi connectivity index (χ0v) is 12.5. The van der Waals surface area contributed by atoms with Crippen LogP contribution >= 0.6 is 0 Å². The van der Waals surface area contributed by atoms with E-state index >= 15 is 0 Å². The molecule has 4 nitrogen and oxygen atoms in total. The van der Waals surface area contributed by atoms with E-state index in [4.69, 9.17) is 9.84 Å². The molecule has 0 aromatic heterocycles. The number of benzene rings is 1. The van der Waals surface area contributed by atoms with Gasteiger partial charge in [0.2, 0.25) is 0 Å². The molecule has 1 aromatic rings. The van der Waals surface area contributed by atoms with Crippen LogP contribution in [0.3, 0.4) is 0 Å². The van der Waals surface area contributed by atoms with Crippen molar-refractivity contribution in [2.24, 2.45) is 0 Å². The molecule has 0 aliphatic carbocycles. The van der Waals surface area contributed by atoms with Gasteiger partial charge in [-0.1, -0.05) is 18.2 Å². The van der Waals surface area contributed by atoms with Gasteiger partial charge in [0.05, 0.1) is 5.56 Å². The first kappa shape index (κ1) is 17.9. The van der Waals surface area contributed by atoms with Crippen LogP contribution in [0.4, 0.5) is 18.0 Å². The Bertz CT molecular complexity index is 560. The van der Waals surface area contributed by atoms with Gasteiger partial charge in [-0.05, 0) is 38.5 Å². The van der Waals surface area contributed by atoms with Gasteiger partial charge < -0.3 is 15.2 Å². The SMILES string of the molecule is CC(C)(C)OC(=O)NCC=Cc1ccc(O)cc1C(F)(F)F. The number of aromatic hydroxyl groups is 1. The molecule has 22 heavy (non-hydrogen) atoms. The van der Waals surface area contributed by atoms with E-state index in [1.807, 2.05) is 0 Å². The molecule has 0 saturated carbocycles. The summed E-state index contributed by atoms with van der Waals surface area (Å²) in [4.78, 5) is 11.4. The molecule has 1 aromatic carbocycles. The first-order valence-corrected chi connectivity index (χ1v) is 6.52. The number of rotatable bonds is 3. The van der Waals surface area contributed by atoms with Crippen molar-refractivity contribution in [3.63, 3.8) is 0 Å². The Morgan fingerprint density at radius 2 is 1.95 bits per heavy atom. The van der Waals surface area contributed by atoms with Crippen molar-refractivity contribution in [3.8, 4) is 5.75 Å². The lowest BCUT2D eigenvalue weighted by atomic mass is 10.1. The van der Waals surface area contributed by atoms with E-state index in [1.54, 1.807) is 20.8 Å². The largest absolute Gasteiger partial charge is 0.508 e. The second-order valence-electron chi connectivity index (χ2n) is 5.55. The summed E-state index contributed by atoms with van der Waals surface area (Å²) in [7, 11) is 0. The summed E-state index contributed by atoms with van der Waals surface area (Å²) >= 11 is 0. The van der Waals surface area contributed by atoms with E-state index in [0.29, 0.717) is 6.07 Å². The summed E-state index contributed by atoms with van der Waals surface area (Å²) in [6.45, 7) is 5.13. The van der Waals surface area contributed by atoms with Crippen molar-refractivity contribution < 1.29 is 27.8 Å². The lowest BCUT2D eigenvalue weighted by Gasteiger charge is -2.19. The smallest absolute Gasteiger partial charge is 0.417 e. The Kier molecular flexibility index (Phi) is 5.46. The number of carbonyl (C=O) groups is 1. The highest BCUT2D eigenvalue weighted by molar-refractivity contribution is 5.68. The summed E-state index contributed by atoms with van der Waals surface area (Å²) < 4.78 is 43.4. The fraction of sp³-hybridized carbons (Fsp3) is 0.400. The molecule has 0 aliphatic rings. The Hall–Kier alpha value is -2.18. The minimum Gasteiger partial charge on any atom is -0.508 e. The van der Waals surface area contributed by atoms with Crippen molar-refractivity contribution in [3.05, 3.63) is 35.4 Å². The molecule has 0 radical (unpaired) electrons. The van der Waals surface area contributed by atoms with Crippen molar-refractivity contribution in [2.45, 2.75) is 32.5 Å². The predicted octanol–water partition coefficient (Wildman–Crippen LogP) is 3.95. The molecular formula is C15H18F3NO3. The summed E-state index contributed by atoms with van der Waals surface area (Å²) in [5.41, 5.74) is -1.69. The topological polar surface area (TPSA) is 58.6 Å². The summed E-state index contributed by atoms with van der Waals surface area (Å²) in [5, 5.41) is 11.6. The van der Waals surface area contributed by atoms with Gasteiger partial charge in [0.15, 0.2) is 0 Å². The van der Waals surface area contributed by atoms with Crippen molar-refractivity contribution in [1.82, 2.24) is 5.32 Å². The fourth-order valence-corrected chi connectivity index (χ4v) is 1.58. The fourth-order valence-electron chi connectivity index (χ4n) is 1.58. The van der Waals surface area contributed by atoms with Gasteiger partial charge in [-0.15, -0.1) is 0 Å². The number of phenols is 1. The van der Waals surface area contributed by atoms with Gasteiger partial charge in [0.1, 0.15) is 11.4 Å². The molecule has 0 aliphatic heterocycles. The van der Waals surface area contributed by atoms with E-state index in [-0.39, 0.29) is 12.1 Å². The molecule has 0 heterocycles. The van der Waals surface area contributed by atoms with Gasteiger partial charge in [-0.3, -0.25) is 0 Å². The van der Waals surface area contributed by atoms with Crippen LogP contribution < -0.4 is 5.32 Å². The van der Waals surface area contributed by atoms with Gasteiger partial charge in [-0.2, -0.15) is 13.2 Å². The van der Waals surface area contributed by atoms with Crippen LogP contribution in [0.1, 0.15) is 31.9 Å². The maximum atomic E-state index is 12.8. The quantitative estimate of drug-likeness (QED) is 0.887. The maximum absolute atomic E-state index is 12.8. The van der Waals surface area contributed by atoms with Crippen LogP contribution in [0.25, 0.3) is 6.08 Å². The summed E-state index contributed by atoms with van der Waals surface area (Å²) in [6, 6.07) is 2.97. The third-order valence-corrected chi connectivity index (χ3v) is 2.40. The first-order valence-electron chi connectivity index (χ1n) is 6.52. The number of hydrogen-bond donors (Lipinski definition) is 2. The van der Waals surface area contributed by atoms with Gasteiger partial charge >= 0.3 is 12.3 Å². The average molecular weight is 317 g/mol. The highest BCUT2D eigenvalue weighted by Gasteiger charge is 2.33. The Morgan fingerprint density at radius 3 is 2.50 bits per heavy atom. The lowest BCUT2D eigenvalue weighted by molar-refractivity contribution is -0.137. The number of ether oxygens (including phenoxy) is 1. The number of amides is 1. The molecule has 0 atom stereocenters. The molecule has 1 rings (SSSR count). The summed E-state index contributed by atoms with van der Waals surface area (Å²) in [6.07, 6.45) is -2.64. The Balaban J connectivity index is 2.70. The van der Waals surface area contributed by atoms with Crippen LogP contribution in [-0.4, -0.2) is 23.3 Å². The van der Waals surface area contributed by atoms with Crippen LogP contribution in [-0.2, 0) is 10.9 Å². The van der Waals surface area contributed by atoms with Crippen LogP contribution in [0.15, 0.2) is 24.3 Å². The molecule has 0 spiro atoms. The number of halogens is 3. The van der Waals surface area contributed by atoms with Gasteiger partial charge in [-0.25, -0.2) is 4.79 Å². The van der Waals surface area contributed by atoms with E-state index in [0.717, 1.165) is 12.1 Å². The minimum atomic E-state index is -4.57. The monoisotopic (exact) mass is 317 g/mol.